The average Bonchev–Trinajstić information content (AvgIpc) is 2.35. The van der Waals surface area contributed by atoms with Crippen LogP contribution in [0.5, 0.6) is 5.75 Å². The lowest BCUT2D eigenvalue weighted by Gasteiger charge is -2.29. The number of hydrogen-bond acceptors (Lipinski definition) is 3. The fraction of sp³-hybridized carbons (Fsp3) is 0.467. The number of nitrogens with one attached hydrogen (secondary N) is 1. The third-order valence-electron chi connectivity index (χ3n) is 3.08. The molecular formula is C15H23NO2. The maximum absolute atomic E-state index is 9.61. The Morgan fingerprint density at radius 1 is 1.39 bits per heavy atom. The van der Waals surface area contributed by atoms with Crippen molar-refractivity contribution in [2.45, 2.75) is 39.0 Å². The minimum Gasteiger partial charge on any atom is -0.490 e. The van der Waals surface area contributed by atoms with E-state index in [9.17, 15) is 5.11 Å². The van der Waals surface area contributed by atoms with E-state index in [0.29, 0.717) is 6.61 Å². The van der Waals surface area contributed by atoms with Gasteiger partial charge in [0.1, 0.15) is 12.4 Å². The molecule has 0 heterocycles. The van der Waals surface area contributed by atoms with Crippen molar-refractivity contribution in [1.29, 1.82) is 0 Å². The highest BCUT2D eigenvalue weighted by molar-refractivity contribution is 5.27. The summed E-state index contributed by atoms with van der Waals surface area (Å²) in [5, 5.41) is 12.9. The van der Waals surface area contributed by atoms with Crippen LogP contribution in [0.15, 0.2) is 36.9 Å². The topological polar surface area (TPSA) is 41.5 Å². The van der Waals surface area contributed by atoms with E-state index in [1.807, 2.05) is 38.1 Å². The Bertz CT molecular complexity index is 369. The zero-order chi connectivity index (χ0) is 13.6. The molecule has 0 aromatic heterocycles. The van der Waals surface area contributed by atoms with E-state index in [1.54, 1.807) is 13.0 Å². The molecule has 0 aliphatic heterocycles. The molecule has 0 saturated heterocycles. The lowest BCUT2D eigenvalue weighted by atomic mass is 9.98. The monoisotopic (exact) mass is 249 g/mol. The van der Waals surface area contributed by atoms with E-state index < -0.39 is 6.10 Å². The largest absolute Gasteiger partial charge is 0.490 e. The molecule has 1 rings (SSSR count). The maximum Gasteiger partial charge on any atom is 0.119 e. The molecule has 0 fully saturated rings. The highest BCUT2D eigenvalue weighted by Gasteiger charge is 2.22. The van der Waals surface area contributed by atoms with E-state index in [0.717, 1.165) is 17.9 Å². The van der Waals surface area contributed by atoms with Gasteiger partial charge in [0.2, 0.25) is 0 Å². The van der Waals surface area contributed by atoms with Gasteiger partial charge in [-0.3, -0.25) is 0 Å². The summed E-state index contributed by atoms with van der Waals surface area (Å²) < 4.78 is 5.42. The molecule has 0 amide bonds. The Kier molecular flexibility index (Phi) is 5.38. The smallest absolute Gasteiger partial charge is 0.119 e. The van der Waals surface area contributed by atoms with Crippen LogP contribution in [0.4, 0.5) is 0 Å². The van der Waals surface area contributed by atoms with Gasteiger partial charge in [-0.2, -0.15) is 0 Å². The second-order valence-corrected chi connectivity index (χ2v) is 4.99. The Balaban J connectivity index is 2.51. The van der Waals surface area contributed by atoms with E-state index in [4.69, 9.17) is 4.74 Å². The molecule has 1 aromatic carbocycles. The predicted molar refractivity (Wildman–Crippen MR) is 74.7 cm³/mol. The molecule has 100 valence electrons. The second-order valence-electron chi connectivity index (χ2n) is 4.99. The fourth-order valence-electron chi connectivity index (χ4n) is 1.34. The first-order valence-corrected chi connectivity index (χ1v) is 6.21. The Morgan fingerprint density at radius 3 is 2.50 bits per heavy atom. The van der Waals surface area contributed by atoms with Gasteiger partial charge >= 0.3 is 0 Å². The van der Waals surface area contributed by atoms with Crippen molar-refractivity contribution in [3.8, 4) is 5.75 Å². The van der Waals surface area contributed by atoms with Crippen molar-refractivity contribution in [3.05, 3.63) is 42.5 Å². The Labute approximate surface area is 109 Å². The molecule has 0 bridgehead atoms. The summed E-state index contributed by atoms with van der Waals surface area (Å²) in [4.78, 5) is 0. The van der Waals surface area contributed by atoms with E-state index in [2.05, 4.69) is 11.9 Å². The first-order valence-electron chi connectivity index (χ1n) is 6.21. The van der Waals surface area contributed by atoms with E-state index >= 15 is 0 Å². The summed E-state index contributed by atoms with van der Waals surface area (Å²) in [6.07, 6.45) is 1.33. The Hall–Kier alpha value is -1.32. The molecule has 3 heteroatoms. The molecular weight excluding hydrogens is 226 g/mol. The van der Waals surface area contributed by atoms with Crippen molar-refractivity contribution in [2.24, 2.45) is 0 Å². The van der Waals surface area contributed by atoms with Gasteiger partial charge in [-0.1, -0.05) is 24.8 Å². The molecule has 1 atom stereocenters. The normalized spacial score (nSPS) is 13.1. The van der Waals surface area contributed by atoms with Crippen molar-refractivity contribution in [2.75, 3.05) is 6.61 Å². The van der Waals surface area contributed by atoms with Crippen LogP contribution < -0.4 is 10.1 Å². The third kappa shape index (κ3) is 4.51. The highest BCUT2D eigenvalue weighted by atomic mass is 16.5. The average molecular weight is 249 g/mol. The summed E-state index contributed by atoms with van der Waals surface area (Å²) in [5.74, 6) is 0.841. The molecule has 1 unspecified atom stereocenters. The molecule has 3 nitrogen and oxygen atoms in total. The highest BCUT2D eigenvalue weighted by Crippen LogP contribution is 2.14. The fourth-order valence-corrected chi connectivity index (χ4v) is 1.34. The zero-order valence-corrected chi connectivity index (χ0v) is 11.4. The number of ether oxygens (including phenoxy) is 1. The van der Waals surface area contributed by atoms with Crippen molar-refractivity contribution >= 4 is 0 Å². The quantitative estimate of drug-likeness (QED) is 0.730. The van der Waals surface area contributed by atoms with Crippen molar-refractivity contribution < 1.29 is 9.84 Å². The van der Waals surface area contributed by atoms with Crippen molar-refractivity contribution in [3.63, 3.8) is 0 Å². The van der Waals surface area contributed by atoms with Gasteiger partial charge in [0.15, 0.2) is 0 Å². The molecule has 0 aliphatic rings. The van der Waals surface area contributed by atoms with E-state index in [1.165, 1.54) is 0 Å². The summed E-state index contributed by atoms with van der Waals surface area (Å²) in [6, 6.07) is 7.92. The molecule has 1 aromatic rings. The number of hydrogen-bond donors (Lipinski definition) is 2. The number of benzene rings is 1. The van der Waals surface area contributed by atoms with E-state index in [-0.39, 0.29) is 5.54 Å². The molecule has 0 radical (unpaired) electrons. The van der Waals surface area contributed by atoms with Gasteiger partial charge in [0, 0.05) is 12.1 Å². The predicted octanol–water partition coefficient (Wildman–Crippen LogP) is 2.50. The maximum atomic E-state index is 9.61. The molecule has 0 spiro atoms. The molecule has 0 aliphatic carbocycles. The van der Waals surface area contributed by atoms with Crippen LogP contribution in [-0.2, 0) is 6.54 Å². The van der Waals surface area contributed by atoms with Crippen LogP contribution in [-0.4, -0.2) is 23.4 Å². The minimum atomic E-state index is -0.396. The number of rotatable bonds is 7. The van der Waals surface area contributed by atoms with Crippen LogP contribution >= 0.6 is 0 Å². The van der Waals surface area contributed by atoms with Gasteiger partial charge < -0.3 is 15.2 Å². The summed E-state index contributed by atoms with van der Waals surface area (Å²) in [7, 11) is 0. The molecule has 2 N–H and O–H groups in total. The van der Waals surface area contributed by atoms with Crippen LogP contribution in [0.25, 0.3) is 0 Å². The second kappa shape index (κ2) is 6.57. The minimum absolute atomic E-state index is 0.294. The summed E-state index contributed by atoms with van der Waals surface area (Å²) >= 11 is 0. The summed E-state index contributed by atoms with van der Waals surface area (Å²) in [6.45, 7) is 10.6. The Morgan fingerprint density at radius 2 is 2.00 bits per heavy atom. The lowest BCUT2D eigenvalue weighted by Crippen LogP contribution is -2.47. The number of aliphatic hydroxyl groups is 1. The van der Waals surface area contributed by atoms with Crippen molar-refractivity contribution in [1.82, 2.24) is 5.32 Å². The van der Waals surface area contributed by atoms with Crippen LogP contribution in [0.3, 0.4) is 0 Å². The SMILES string of the molecule is C=CCOc1ccc(CNC(C)(C)C(C)O)cc1. The standard InChI is InChI=1S/C15H23NO2/c1-5-10-18-14-8-6-13(7-9-14)11-16-15(3,4)12(2)17/h5-9,12,16-17H,1,10-11H2,2-4H3. The van der Waals surface area contributed by atoms with Crippen LogP contribution in [0.2, 0.25) is 0 Å². The van der Waals surface area contributed by atoms with Crippen LogP contribution in [0.1, 0.15) is 26.3 Å². The van der Waals surface area contributed by atoms with Gasteiger partial charge in [-0.15, -0.1) is 0 Å². The number of aliphatic hydroxyl groups excluding tert-OH is 1. The third-order valence-corrected chi connectivity index (χ3v) is 3.08. The summed E-state index contributed by atoms with van der Waals surface area (Å²) in [5.41, 5.74) is 0.868. The molecule has 0 saturated carbocycles. The first-order chi connectivity index (χ1) is 8.45. The van der Waals surface area contributed by atoms with Gasteiger partial charge in [-0.25, -0.2) is 0 Å². The van der Waals surface area contributed by atoms with Gasteiger partial charge in [-0.05, 0) is 38.5 Å². The lowest BCUT2D eigenvalue weighted by molar-refractivity contribution is 0.0956. The van der Waals surface area contributed by atoms with Gasteiger partial charge in [0.25, 0.3) is 0 Å². The van der Waals surface area contributed by atoms with Gasteiger partial charge in [0.05, 0.1) is 6.10 Å². The van der Waals surface area contributed by atoms with Crippen LogP contribution in [0, 0.1) is 0 Å². The zero-order valence-electron chi connectivity index (χ0n) is 11.4. The first kappa shape index (κ1) is 14.7. The molecule has 18 heavy (non-hydrogen) atoms.